The molecule has 4 bridgehead atoms. The van der Waals surface area contributed by atoms with Crippen molar-refractivity contribution in [3.63, 3.8) is 0 Å². The van der Waals surface area contributed by atoms with Crippen molar-refractivity contribution in [3.05, 3.63) is 24.2 Å². The van der Waals surface area contributed by atoms with Gasteiger partial charge in [-0.1, -0.05) is 13.8 Å². The molecule has 15 unspecified atom stereocenters. The number of fused-ring (bicyclic) bond motifs is 3. The summed E-state index contributed by atoms with van der Waals surface area (Å²) in [5.41, 5.74) is -14.5. The van der Waals surface area contributed by atoms with Gasteiger partial charge in [0, 0.05) is 51.0 Å². The third-order valence-corrected chi connectivity index (χ3v) is 13.8. The summed E-state index contributed by atoms with van der Waals surface area (Å²) in [7, 11) is 1.16. The van der Waals surface area contributed by atoms with Gasteiger partial charge in [-0.15, -0.1) is 0 Å². The van der Waals surface area contributed by atoms with Gasteiger partial charge in [0.1, 0.15) is 53.9 Å². The molecule has 0 radical (unpaired) electrons. The Morgan fingerprint density at radius 3 is 2.27 bits per heavy atom. The van der Waals surface area contributed by atoms with E-state index in [1.807, 2.05) is 0 Å². The Hall–Kier alpha value is -3.61. The van der Waals surface area contributed by atoms with Crippen LogP contribution in [0.2, 0.25) is 0 Å². The molecule has 17 nitrogen and oxygen atoms in total. The normalized spacial score (nSPS) is 51.6. The van der Waals surface area contributed by atoms with Gasteiger partial charge in [-0.3, -0.25) is 24.0 Å². The third kappa shape index (κ3) is 3.49. The van der Waals surface area contributed by atoms with Crippen LogP contribution in [-0.2, 0) is 61.9 Å². The summed E-state index contributed by atoms with van der Waals surface area (Å²) < 4.78 is 54.6. The Morgan fingerprint density at radius 1 is 0.981 bits per heavy atom. The number of hydrogen-bond donors (Lipinski definition) is 3. The minimum absolute atomic E-state index is 0.235. The summed E-state index contributed by atoms with van der Waals surface area (Å²) in [6.45, 7) is 7.26. The first-order chi connectivity index (χ1) is 24.2. The maximum absolute atomic E-state index is 13.8. The van der Waals surface area contributed by atoms with Crippen molar-refractivity contribution in [1.82, 2.24) is 0 Å². The fourth-order valence-corrected chi connectivity index (χ4v) is 12.7. The van der Waals surface area contributed by atoms with Crippen LogP contribution in [0, 0.1) is 28.1 Å². The Bertz CT molecular complexity index is 1780. The quantitative estimate of drug-likeness (QED) is 0.253. The number of carbonyl (C=O) groups is 5. The van der Waals surface area contributed by atoms with E-state index in [0.29, 0.717) is 5.56 Å². The third-order valence-electron chi connectivity index (χ3n) is 13.8. The van der Waals surface area contributed by atoms with Crippen LogP contribution in [-0.4, -0.2) is 112 Å². The molecule has 1 aromatic heterocycles. The Balaban J connectivity index is 1.52. The summed E-state index contributed by atoms with van der Waals surface area (Å²) >= 11 is 0. The van der Waals surface area contributed by atoms with Gasteiger partial charge >= 0.3 is 29.8 Å². The first kappa shape index (κ1) is 35.4. The van der Waals surface area contributed by atoms with Crippen molar-refractivity contribution in [2.75, 3.05) is 13.7 Å². The molecule has 52 heavy (non-hydrogen) atoms. The molecule has 0 amide bonds. The Kier molecular flexibility index (Phi) is 7.03. The maximum Gasteiger partial charge on any atom is 0.306 e. The van der Waals surface area contributed by atoms with Crippen molar-refractivity contribution in [1.29, 1.82) is 0 Å². The van der Waals surface area contributed by atoms with E-state index in [0.717, 1.165) is 27.9 Å². The number of aliphatic hydroxyl groups excluding tert-OH is 2. The summed E-state index contributed by atoms with van der Waals surface area (Å²) in [5, 5.41) is 39.9. The SMILES string of the molecule is COC(=O)CC1C2(C)CC34OC5(C)OC6(C7CC(=O)OC(c8ccoc8)C7(C)C(OC(C)=O)C(O)C6(O5)C13COC(C)=O)C(O)C4(O)C2OC(C)=O. The molecule has 3 aliphatic heterocycles. The zero-order chi connectivity index (χ0) is 37.8. The van der Waals surface area contributed by atoms with Crippen LogP contribution in [0.3, 0.4) is 0 Å². The number of ether oxygens (including phenoxy) is 8. The summed E-state index contributed by atoms with van der Waals surface area (Å²) in [6, 6.07) is 1.52. The monoisotopic (exact) mass is 734 g/mol. The lowest BCUT2D eigenvalue weighted by molar-refractivity contribution is -0.497. The van der Waals surface area contributed by atoms with Crippen molar-refractivity contribution in [3.8, 4) is 0 Å². The van der Waals surface area contributed by atoms with E-state index in [-0.39, 0.29) is 6.42 Å². The lowest BCUT2D eigenvalue weighted by Gasteiger charge is -2.78. The number of carbonyl (C=O) groups excluding carboxylic acids is 5. The number of esters is 5. The van der Waals surface area contributed by atoms with Crippen LogP contribution in [0.5, 0.6) is 0 Å². The molecular formula is C35H42O17. The standard InChI is InChI=1S/C35H42O17/c1-15(36)46-14-31-19(10-21(39)44-7)28(4)13-32(31)33(43,27(28)48-17(3)38)26(42)34-20-11-22(40)49-24(18-8-9-45-12-18)29(20,5)25(47-16(2)37)23(41)35(31,34)52-30(6,50-32)51-34/h8-9,12,19-20,23-27,41-43H,10-11,13-14H2,1-7H3. The van der Waals surface area contributed by atoms with Crippen LogP contribution < -0.4 is 0 Å². The second-order valence-corrected chi connectivity index (χ2v) is 16.0. The van der Waals surface area contributed by atoms with Crippen molar-refractivity contribution in [2.24, 2.45) is 28.1 Å². The van der Waals surface area contributed by atoms with Crippen LogP contribution in [0.4, 0.5) is 0 Å². The highest BCUT2D eigenvalue weighted by Gasteiger charge is 3.06. The second kappa shape index (κ2) is 10.3. The largest absolute Gasteiger partial charge is 0.472 e. The molecule has 4 heterocycles. The first-order valence-electron chi connectivity index (χ1n) is 17.2. The predicted molar refractivity (Wildman–Crippen MR) is 164 cm³/mol. The molecular weight excluding hydrogens is 692 g/mol. The van der Waals surface area contributed by atoms with Gasteiger partial charge in [-0.2, -0.15) is 0 Å². The van der Waals surface area contributed by atoms with Crippen molar-refractivity contribution < 1.29 is 81.6 Å². The van der Waals surface area contributed by atoms with Gasteiger partial charge in [-0.25, -0.2) is 0 Å². The zero-order valence-corrected chi connectivity index (χ0v) is 29.7. The van der Waals surface area contributed by atoms with Gasteiger partial charge in [0.05, 0.1) is 36.9 Å². The molecule has 3 N–H and O–H groups in total. The van der Waals surface area contributed by atoms with Crippen molar-refractivity contribution in [2.45, 2.75) is 120 Å². The number of methoxy groups -OCH3 is 1. The molecule has 17 heteroatoms. The number of aliphatic hydroxyl groups is 3. The van der Waals surface area contributed by atoms with Gasteiger partial charge in [0.15, 0.2) is 5.60 Å². The summed E-state index contributed by atoms with van der Waals surface area (Å²) in [4.78, 5) is 66.0. The smallest absolute Gasteiger partial charge is 0.306 e. The Labute approximate surface area is 297 Å². The van der Waals surface area contributed by atoms with Crippen LogP contribution in [0.25, 0.3) is 0 Å². The van der Waals surface area contributed by atoms with Crippen LogP contribution in [0.1, 0.15) is 72.5 Å². The van der Waals surface area contributed by atoms with Gasteiger partial charge < -0.3 is 57.6 Å². The molecule has 3 saturated heterocycles. The van der Waals surface area contributed by atoms with E-state index in [2.05, 4.69) is 0 Å². The molecule has 1 aromatic rings. The van der Waals surface area contributed by atoms with E-state index in [1.54, 1.807) is 13.8 Å². The molecule has 0 aromatic carbocycles. The first-order valence-corrected chi connectivity index (χ1v) is 17.2. The molecule has 8 rings (SSSR count). The molecule has 7 aliphatic rings. The number of cyclic esters (lactones) is 1. The average molecular weight is 735 g/mol. The molecule has 15 atom stereocenters. The minimum atomic E-state index is -2.63. The zero-order valence-electron chi connectivity index (χ0n) is 29.7. The topological polar surface area (TPSA) is 233 Å². The number of hydrogen-bond acceptors (Lipinski definition) is 17. The highest BCUT2D eigenvalue weighted by molar-refractivity contribution is 5.74. The lowest BCUT2D eigenvalue weighted by atomic mass is 9.32. The molecule has 4 aliphatic carbocycles. The lowest BCUT2D eigenvalue weighted by Crippen LogP contribution is -2.98. The summed E-state index contributed by atoms with van der Waals surface area (Å²) in [5.74, 6) is -8.77. The van der Waals surface area contributed by atoms with E-state index >= 15 is 0 Å². The van der Waals surface area contributed by atoms with Gasteiger partial charge in [-0.05, 0) is 18.4 Å². The van der Waals surface area contributed by atoms with E-state index in [1.165, 1.54) is 25.5 Å². The molecule has 4 saturated carbocycles. The highest BCUT2D eigenvalue weighted by Crippen LogP contribution is 2.89. The molecule has 2 spiro atoms. The Morgan fingerprint density at radius 2 is 1.67 bits per heavy atom. The van der Waals surface area contributed by atoms with Gasteiger partial charge in [0.25, 0.3) is 5.97 Å². The molecule has 7 fully saturated rings. The molecule has 284 valence electrons. The summed E-state index contributed by atoms with van der Waals surface area (Å²) in [6.07, 6.45) is -7.33. The van der Waals surface area contributed by atoms with E-state index in [4.69, 9.17) is 42.3 Å². The fraction of sp³-hybridized carbons (Fsp3) is 0.743. The number of furan rings is 1. The van der Waals surface area contributed by atoms with Crippen molar-refractivity contribution >= 4 is 29.8 Å². The minimum Gasteiger partial charge on any atom is -0.472 e. The van der Waals surface area contributed by atoms with E-state index < -0.39 is 136 Å². The van der Waals surface area contributed by atoms with Gasteiger partial charge in [0.2, 0.25) is 0 Å². The van der Waals surface area contributed by atoms with Crippen LogP contribution >= 0.6 is 0 Å². The van der Waals surface area contributed by atoms with Crippen LogP contribution in [0.15, 0.2) is 23.0 Å². The van der Waals surface area contributed by atoms with E-state index in [9.17, 15) is 39.3 Å². The predicted octanol–water partition coefficient (Wildman–Crippen LogP) is 0.353. The maximum atomic E-state index is 13.8. The fourth-order valence-electron chi connectivity index (χ4n) is 12.7. The highest BCUT2D eigenvalue weighted by atomic mass is 16.9. The average Bonchev–Trinajstić information content (AvgIpc) is 3.76. The second-order valence-electron chi connectivity index (χ2n) is 16.0. The number of rotatable bonds is 7.